The minimum atomic E-state index is -0.840. The van der Waals surface area contributed by atoms with Crippen LogP contribution in [-0.4, -0.2) is 17.4 Å². The second-order valence-electron chi connectivity index (χ2n) is 2.41. The van der Waals surface area contributed by atoms with Gasteiger partial charge in [-0.3, -0.25) is 9.59 Å². The number of carbonyl (C=O) groups excluding carboxylic acids is 1. The third-order valence-electron chi connectivity index (χ3n) is 1.37. The van der Waals surface area contributed by atoms with E-state index < -0.39 is 5.97 Å². The number of allylic oxidation sites excluding steroid dienone is 1. The standard InChI is InChI=1S/C9H8O3S/c10-3-1-2-7-4-8(13-6-7)5-9(11)12/h1-4,6H,5H2,(H,11,12). The van der Waals surface area contributed by atoms with Crippen molar-refractivity contribution in [1.29, 1.82) is 0 Å². The normalized spacial score (nSPS) is 10.5. The van der Waals surface area contributed by atoms with Crippen LogP contribution < -0.4 is 0 Å². The quantitative estimate of drug-likeness (QED) is 0.587. The van der Waals surface area contributed by atoms with Crippen molar-refractivity contribution in [2.24, 2.45) is 0 Å². The zero-order chi connectivity index (χ0) is 9.68. The van der Waals surface area contributed by atoms with Crippen LogP contribution in [0, 0.1) is 0 Å². The molecule has 3 nitrogen and oxygen atoms in total. The molecule has 1 aromatic rings. The van der Waals surface area contributed by atoms with Gasteiger partial charge in [0.05, 0.1) is 6.42 Å². The van der Waals surface area contributed by atoms with Gasteiger partial charge in [-0.15, -0.1) is 11.3 Å². The van der Waals surface area contributed by atoms with Crippen LogP contribution in [0.3, 0.4) is 0 Å². The third-order valence-corrected chi connectivity index (χ3v) is 2.32. The van der Waals surface area contributed by atoms with Gasteiger partial charge in [-0.2, -0.15) is 0 Å². The number of hydrogen-bond donors (Lipinski definition) is 1. The minimum absolute atomic E-state index is 0.0413. The Hall–Kier alpha value is -1.42. The zero-order valence-electron chi connectivity index (χ0n) is 6.77. The summed E-state index contributed by atoms with van der Waals surface area (Å²) in [6, 6.07) is 1.76. The van der Waals surface area contributed by atoms with Crippen molar-refractivity contribution in [3.05, 3.63) is 28.0 Å². The predicted molar refractivity (Wildman–Crippen MR) is 50.8 cm³/mol. The fraction of sp³-hybridized carbons (Fsp3) is 0.111. The van der Waals surface area contributed by atoms with Gasteiger partial charge in [-0.25, -0.2) is 0 Å². The van der Waals surface area contributed by atoms with Gasteiger partial charge in [0.2, 0.25) is 0 Å². The molecule has 0 aliphatic rings. The number of thiophene rings is 1. The Balaban J connectivity index is 2.68. The van der Waals surface area contributed by atoms with Crippen molar-refractivity contribution in [3.8, 4) is 0 Å². The monoisotopic (exact) mass is 196 g/mol. The maximum absolute atomic E-state index is 10.3. The molecule has 0 bridgehead atoms. The van der Waals surface area contributed by atoms with E-state index in [1.54, 1.807) is 12.1 Å². The highest BCUT2D eigenvalue weighted by Gasteiger charge is 2.02. The Morgan fingerprint density at radius 3 is 3.00 bits per heavy atom. The van der Waals surface area contributed by atoms with E-state index in [1.807, 2.05) is 5.38 Å². The lowest BCUT2D eigenvalue weighted by Gasteiger charge is -1.86. The second-order valence-corrected chi connectivity index (χ2v) is 3.41. The van der Waals surface area contributed by atoms with Crippen molar-refractivity contribution in [1.82, 2.24) is 0 Å². The second kappa shape index (κ2) is 4.57. The molecule has 0 aromatic carbocycles. The summed E-state index contributed by atoms with van der Waals surface area (Å²) in [7, 11) is 0. The molecular formula is C9H8O3S. The molecule has 68 valence electrons. The molecule has 1 rings (SSSR count). The topological polar surface area (TPSA) is 54.4 Å². The van der Waals surface area contributed by atoms with E-state index in [2.05, 4.69) is 0 Å². The zero-order valence-corrected chi connectivity index (χ0v) is 7.58. The lowest BCUT2D eigenvalue weighted by atomic mass is 10.2. The lowest BCUT2D eigenvalue weighted by molar-refractivity contribution is -0.136. The summed E-state index contributed by atoms with van der Waals surface area (Å²) >= 11 is 1.38. The fourth-order valence-electron chi connectivity index (χ4n) is 0.877. The first-order chi connectivity index (χ1) is 6.22. The van der Waals surface area contributed by atoms with Crippen LogP contribution in [0.1, 0.15) is 10.4 Å². The minimum Gasteiger partial charge on any atom is -0.481 e. The molecule has 0 fully saturated rings. The predicted octanol–water partition coefficient (Wildman–Crippen LogP) is 1.59. The largest absolute Gasteiger partial charge is 0.481 e. The molecule has 1 aromatic heterocycles. The van der Waals surface area contributed by atoms with Crippen LogP contribution in [0.5, 0.6) is 0 Å². The van der Waals surface area contributed by atoms with E-state index in [0.717, 1.165) is 10.4 Å². The van der Waals surface area contributed by atoms with E-state index in [4.69, 9.17) is 5.11 Å². The van der Waals surface area contributed by atoms with Crippen LogP contribution in [-0.2, 0) is 16.0 Å². The third kappa shape index (κ3) is 3.21. The molecule has 0 radical (unpaired) electrons. The van der Waals surface area contributed by atoms with E-state index in [9.17, 15) is 9.59 Å². The number of carbonyl (C=O) groups is 2. The maximum Gasteiger partial charge on any atom is 0.308 e. The van der Waals surface area contributed by atoms with Crippen molar-refractivity contribution in [3.63, 3.8) is 0 Å². The number of carboxylic acids is 1. The van der Waals surface area contributed by atoms with Gasteiger partial charge in [0.25, 0.3) is 0 Å². The van der Waals surface area contributed by atoms with E-state index in [1.165, 1.54) is 17.4 Å². The first-order valence-corrected chi connectivity index (χ1v) is 4.51. The Kier molecular flexibility index (Phi) is 3.40. The van der Waals surface area contributed by atoms with E-state index >= 15 is 0 Å². The first-order valence-electron chi connectivity index (χ1n) is 3.63. The summed E-state index contributed by atoms with van der Waals surface area (Å²) in [4.78, 5) is 21.1. The first kappa shape index (κ1) is 9.67. The van der Waals surface area contributed by atoms with Crippen LogP contribution in [0.2, 0.25) is 0 Å². The average molecular weight is 196 g/mol. The summed E-state index contributed by atoms with van der Waals surface area (Å²) in [5, 5.41) is 10.3. The number of rotatable bonds is 4. The van der Waals surface area contributed by atoms with Gasteiger partial charge in [0.15, 0.2) is 0 Å². The highest BCUT2D eigenvalue weighted by molar-refractivity contribution is 7.10. The Bertz CT molecular complexity index is 338. The van der Waals surface area contributed by atoms with Crippen molar-refractivity contribution >= 4 is 29.7 Å². The van der Waals surface area contributed by atoms with Gasteiger partial charge in [-0.05, 0) is 23.1 Å². The SMILES string of the molecule is O=CC=Cc1csc(CC(=O)O)c1. The Morgan fingerprint density at radius 2 is 2.38 bits per heavy atom. The van der Waals surface area contributed by atoms with Gasteiger partial charge < -0.3 is 5.11 Å². The summed E-state index contributed by atoms with van der Waals surface area (Å²) in [5.74, 6) is -0.840. The smallest absolute Gasteiger partial charge is 0.308 e. The fourth-order valence-corrected chi connectivity index (χ4v) is 1.72. The summed E-state index contributed by atoms with van der Waals surface area (Å²) < 4.78 is 0. The van der Waals surface area contributed by atoms with Gasteiger partial charge >= 0.3 is 5.97 Å². The Labute approximate surface area is 79.3 Å². The van der Waals surface area contributed by atoms with Crippen molar-refractivity contribution in [2.45, 2.75) is 6.42 Å². The number of carboxylic acid groups (broad SMARTS) is 1. The van der Waals surface area contributed by atoms with Crippen LogP contribution in [0.15, 0.2) is 17.5 Å². The summed E-state index contributed by atoms with van der Waals surface area (Å²) in [5.41, 5.74) is 0.869. The number of aldehydes is 1. The van der Waals surface area contributed by atoms with Gasteiger partial charge in [-0.1, -0.05) is 6.08 Å². The van der Waals surface area contributed by atoms with Crippen LogP contribution >= 0.6 is 11.3 Å². The van der Waals surface area contributed by atoms with Crippen LogP contribution in [0.25, 0.3) is 6.08 Å². The summed E-state index contributed by atoms with van der Waals surface area (Å²) in [6.45, 7) is 0. The van der Waals surface area contributed by atoms with E-state index in [0.29, 0.717) is 6.29 Å². The van der Waals surface area contributed by atoms with Gasteiger partial charge in [0.1, 0.15) is 6.29 Å². The molecule has 0 amide bonds. The Morgan fingerprint density at radius 1 is 1.62 bits per heavy atom. The molecule has 0 unspecified atom stereocenters. The summed E-state index contributed by atoms with van der Waals surface area (Å²) in [6.07, 6.45) is 3.76. The highest BCUT2D eigenvalue weighted by Crippen LogP contribution is 2.16. The number of aliphatic carboxylic acids is 1. The molecule has 0 saturated heterocycles. The molecule has 1 N–H and O–H groups in total. The molecule has 0 aliphatic heterocycles. The molecule has 0 saturated carbocycles. The average Bonchev–Trinajstić information content (AvgIpc) is 2.48. The molecule has 13 heavy (non-hydrogen) atoms. The highest BCUT2D eigenvalue weighted by atomic mass is 32.1. The molecule has 0 spiro atoms. The van der Waals surface area contributed by atoms with Gasteiger partial charge in [0, 0.05) is 4.88 Å². The lowest BCUT2D eigenvalue weighted by Crippen LogP contribution is -1.97. The van der Waals surface area contributed by atoms with Crippen molar-refractivity contribution < 1.29 is 14.7 Å². The molecule has 4 heteroatoms. The van der Waals surface area contributed by atoms with Crippen LogP contribution in [0.4, 0.5) is 0 Å². The van der Waals surface area contributed by atoms with Crippen molar-refractivity contribution in [2.75, 3.05) is 0 Å². The molecule has 1 heterocycles. The molecular weight excluding hydrogens is 188 g/mol. The number of hydrogen-bond acceptors (Lipinski definition) is 3. The molecule has 0 aliphatic carbocycles. The molecule has 0 atom stereocenters. The maximum atomic E-state index is 10.3. The van der Waals surface area contributed by atoms with E-state index in [-0.39, 0.29) is 6.42 Å².